The molecule has 0 unspecified atom stereocenters. The van der Waals surface area contributed by atoms with Crippen LogP contribution >= 0.6 is 0 Å². The van der Waals surface area contributed by atoms with Crippen LogP contribution < -0.4 is 5.32 Å². The van der Waals surface area contributed by atoms with Crippen LogP contribution in [0.2, 0.25) is 0 Å². The molecule has 0 aliphatic carbocycles. The SMILES string of the molecule is CC(C)(C)[C@H](CCC(=O)O)NC(=O)Cn1cc(COS(C)(=O)=O)nn1. The predicted octanol–water partition coefficient (Wildman–Crippen LogP) is 0.150. The molecule has 0 radical (unpaired) electrons. The second-order valence-corrected chi connectivity index (χ2v) is 8.44. The fraction of sp³-hybridized carbons (Fsp3) is 0.714. The monoisotopic (exact) mass is 376 g/mol. The van der Waals surface area contributed by atoms with E-state index in [-0.39, 0.29) is 42.6 Å². The van der Waals surface area contributed by atoms with Gasteiger partial charge in [-0.2, -0.15) is 8.42 Å². The maximum absolute atomic E-state index is 12.2. The first-order chi connectivity index (χ1) is 11.4. The molecule has 1 amide bonds. The van der Waals surface area contributed by atoms with Gasteiger partial charge in [0, 0.05) is 12.5 Å². The van der Waals surface area contributed by atoms with E-state index in [1.807, 2.05) is 20.8 Å². The van der Waals surface area contributed by atoms with Gasteiger partial charge in [-0.3, -0.25) is 13.8 Å². The Hall–Kier alpha value is -2.01. The van der Waals surface area contributed by atoms with Crippen molar-refractivity contribution in [2.45, 2.75) is 52.8 Å². The summed E-state index contributed by atoms with van der Waals surface area (Å²) in [4.78, 5) is 22.9. The predicted molar refractivity (Wildman–Crippen MR) is 87.9 cm³/mol. The van der Waals surface area contributed by atoms with E-state index >= 15 is 0 Å². The molecule has 0 fully saturated rings. The van der Waals surface area contributed by atoms with Crippen LogP contribution in [-0.4, -0.2) is 52.7 Å². The van der Waals surface area contributed by atoms with E-state index in [0.717, 1.165) is 6.26 Å². The maximum atomic E-state index is 12.2. The summed E-state index contributed by atoms with van der Waals surface area (Å²) in [6, 6.07) is -0.312. The quantitative estimate of drug-likeness (QED) is 0.580. The Morgan fingerprint density at radius 3 is 2.56 bits per heavy atom. The van der Waals surface area contributed by atoms with Crippen LogP contribution in [0.5, 0.6) is 0 Å². The molecule has 142 valence electrons. The molecule has 0 spiro atoms. The van der Waals surface area contributed by atoms with Crippen LogP contribution in [0.1, 0.15) is 39.3 Å². The third-order valence-corrected chi connectivity index (χ3v) is 3.89. The number of carboxylic acid groups (broad SMARTS) is 1. The van der Waals surface area contributed by atoms with Gasteiger partial charge in [-0.25, -0.2) is 4.68 Å². The number of hydrogen-bond acceptors (Lipinski definition) is 7. The highest BCUT2D eigenvalue weighted by Crippen LogP contribution is 2.23. The van der Waals surface area contributed by atoms with Crippen molar-refractivity contribution < 1.29 is 27.3 Å². The van der Waals surface area contributed by atoms with Gasteiger partial charge in [0.25, 0.3) is 10.1 Å². The van der Waals surface area contributed by atoms with Crippen LogP contribution in [0.15, 0.2) is 6.20 Å². The molecule has 1 aromatic heterocycles. The van der Waals surface area contributed by atoms with E-state index in [1.165, 1.54) is 10.9 Å². The van der Waals surface area contributed by atoms with Gasteiger partial charge in [0.05, 0.1) is 12.5 Å². The lowest BCUT2D eigenvalue weighted by Gasteiger charge is -2.31. The van der Waals surface area contributed by atoms with Crippen molar-refractivity contribution in [3.63, 3.8) is 0 Å². The van der Waals surface area contributed by atoms with Crippen LogP contribution in [0.3, 0.4) is 0 Å². The van der Waals surface area contributed by atoms with Crippen molar-refractivity contribution in [2.75, 3.05) is 6.26 Å². The van der Waals surface area contributed by atoms with E-state index in [9.17, 15) is 18.0 Å². The highest BCUT2D eigenvalue weighted by atomic mass is 32.2. The summed E-state index contributed by atoms with van der Waals surface area (Å²) in [5, 5.41) is 19.1. The number of nitrogens with zero attached hydrogens (tertiary/aromatic N) is 3. The normalized spacial score (nSPS) is 13.4. The molecular weight excluding hydrogens is 352 g/mol. The molecule has 0 saturated heterocycles. The average molecular weight is 376 g/mol. The lowest BCUT2D eigenvalue weighted by molar-refractivity contribution is -0.137. The number of aromatic nitrogens is 3. The molecule has 1 atom stereocenters. The van der Waals surface area contributed by atoms with Crippen LogP contribution in [0, 0.1) is 5.41 Å². The highest BCUT2D eigenvalue weighted by molar-refractivity contribution is 7.85. The maximum Gasteiger partial charge on any atom is 0.303 e. The Morgan fingerprint density at radius 1 is 1.40 bits per heavy atom. The summed E-state index contributed by atoms with van der Waals surface area (Å²) in [5.74, 6) is -1.26. The van der Waals surface area contributed by atoms with Crippen molar-refractivity contribution in [3.05, 3.63) is 11.9 Å². The minimum absolute atomic E-state index is 0.0431. The smallest absolute Gasteiger partial charge is 0.303 e. The topological polar surface area (TPSA) is 140 Å². The second-order valence-electron chi connectivity index (χ2n) is 6.79. The number of aliphatic carboxylic acids is 1. The first-order valence-electron chi connectivity index (χ1n) is 7.61. The molecule has 25 heavy (non-hydrogen) atoms. The number of carbonyl (C=O) groups is 2. The number of carbonyl (C=O) groups excluding carboxylic acids is 1. The number of hydrogen-bond donors (Lipinski definition) is 2. The van der Waals surface area contributed by atoms with Crippen molar-refractivity contribution >= 4 is 22.0 Å². The van der Waals surface area contributed by atoms with Gasteiger partial charge in [0.15, 0.2) is 0 Å². The molecule has 1 heterocycles. The summed E-state index contributed by atoms with van der Waals surface area (Å²) in [5.41, 5.74) is -0.0291. The zero-order valence-corrected chi connectivity index (χ0v) is 15.5. The Balaban J connectivity index is 2.62. The van der Waals surface area contributed by atoms with Crippen LogP contribution in [-0.2, 0) is 37.0 Å². The van der Waals surface area contributed by atoms with E-state index in [1.54, 1.807) is 0 Å². The molecule has 0 aliphatic rings. The molecule has 2 N–H and O–H groups in total. The molecule has 0 bridgehead atoms. The second kappa shape index (κ2) is 8.39. The van der Waals surface area contributed by atoms with Crippen molar-refractivity contribution in [1.82, 2.24) is 20.3 Å². The highest BCUT2D eigenvalue weighted by Gasteiger charge is 2.26. The van der Waals surface area contributed by atoms with Gasteiger partial charge in [-0.05, 0) is 11.8 Å². The zero-order chi connectivity index (χ0) is 19.3. The Labute approximate surface area is 146 Å². The van der Waals surface area contributed by atoms with Gasteiger partial charge >= 0.3 is 5.97 Å². The zero-order valence-electron chi connectivity index (χ0n) is 14.7. The standard InChI is InChI=1S/C14H24N4O6S/c1-14(2,3)11(5-6-13(20)21)15-12(19)8-18-7-10(16-17-18)9-24-25(4,22)23/h7,11H,5-6,8-9H2,1-4H3,(H,15,19)(H,20,21)/t11-/m0/s1. The molecule has 1 rings (SSSR count). The van der Waals surface area contributed by atoms with E-state index in [0.29, 0.717) is 6.42 Å². The van der Waals surface area contributed by atoms with Gasteiger partial charge in [0.1, 0.15) is 18.8 Å². The Kier molecular flexibility index (Phi) is 7.06. The summed E-state index contributed by atoms with van der Waals surface area (Å²) in [7, 11) is -3.59. The van der Waals surface area contributed by atoms with Crippen molar-refractivity contribution in [1.29, 1.82) is 0 Å². The third kappa shape index (κ3) is 8.59. The summed E-state index contributed by atoms with van der Waals surface area (Å²) in [6.07, 6.45) is 2.61. The van der Waals surface area contributed by atoms with Gasteiger partial charge in [-0.1, -0.05) is 26.0 Å². The summed E-state index contributed by atoms with van der Waals surface area (Å²) in [6.45, 7) is 5.36. The fourth-order valence-corrected chi connectivity index (χ4v) is 2.36. The Morgan fingerprint density at radius 2 is 2.04 bits per heavy atom. The lowest BCUT2D eigenvalue weighted by Crippen LogP contribution is -2.45. The van der Waals surface area contributed by atoms with E-state index < -0.39 is 16.1 Å². The van der Waals surface area contributed by atoms with E-state index in [4.69, 9.17) is 5.11 Å². The average Bonchev–Trinajstić information content (AvgIpc) is 2.86. The summed E-state index contributed by atoms with van der Waals surface area (Å²) >= 11 is 0. The first kappa shape index (κ1) is 21.0. The Bertz CT molecular complexity index is 707. The number of rotatable bonds is 9. The van der Waals surface area contributed by atoms with Crippen LogP contribution in [0.25, 0.3) is 0 Å². The minimum atomic E-state index is -3.59. The van der Waals surface area contributed by atoms with Crippen molar-refractivity contribution in [3.8, 4) is 0 Å². The largest absolute Gasteiger partial charge is 0.481 e. The number of amides is 1. The van der Waals surface area contributed by atoms with E-state index in [2.05, 4.69) is 19.8 Å². The van der Waals surface area contributed by atoms with Crippen molar-refractivity contribution in [2.24, 2.45) is 5.41 Å². The van der Waals surface area contributed by atoms with Gasteiger partial charge in [-0.15, -0.1) is 5.10 Å². The fourth-order valence-electron chi connectivity index (χ4n) is 2.03. The molecule has 10 nitrogen and oxygen atoms in total. The van der Waals surface area contributed by atoms with Crippen LogP contribution in [0.4, 0.5) is 0 Å². The number of carboxylic acids is 1. The molecule has 1 aromatic rings. The van der Waals surface area contributed by atoms with Gasteiger partial charge < -0.3 is 10.4 Å². The molecular formula is C14H24N4O6S. The third-order valence-electron chi connectivity index (χ3n) is 3.34. The molecule has 0 aromatic carbocycles. The molecule has 0 saturated carbocycles. The molecule has 11 heteroatoms. The molecule has 0 aliphatic heterocycles. The minimum Gasteiger partial charge on any atom is -0.481 e. The van der Waals surface area contributed by atoms with Gasteiger partial charge in [0.2, 0.25) is 5.91 Å². The summed E-state index contributed by atoms with van der Waals surface area (Å²) < 4.78 is 27.7. The first-order valence-corrected chi connectivity index (χ1v) is 9.43. The lowest BCUT2D eigenvalue weighted by atomic mass is 9.84. The number of nitrogens with one attached hydrogen (secondary N) is 1.